The van der Waals surface area contributed by atoms with Crippen LogP contribution in [-0.4, -0.2) is 18.1 Å². The van der Waals surface area contributed by atoms with Gasteiger partial charge in [-0.3, -0.25) is 4.79 Å². The number of thiazole rings is 1. The average molecular weight is 227 g/mol. The van der Waals surface area contributed by atoms with Crippen molar-refractivity contribution in [2.24, 2.45) is 5.92 Å². The van der Waals surface area contributed by atoms with E-state index in [0.717, 1.165) is 17.1 Å². The largest absolute Gasteiger partial charge is 0.468 e. The van der Waals surface area contributed by atoms with Gasteiger partial charge in [0.15, 0.2) is 0 Å². The van der Waals surface area contributed by atoms with Crippen LogP contribution < -0.4 is 0 Å². The van der Waals surface area contributed by atoms with Crippen molar-refractivity contribution < 1.29 is 9.53 Å². The van der Waals surface area contributed by atoms with E-state index in [1.165, 1.54) is 7.11 Å². The van der Waals surface area contributed by atoms with Crippen LogP contribution in [0.25, 0.3) is 0 Å². The number of nitrogens with zero attached hydrogens (tertiary/aromatic N) is 1. The number of aromatic nitrogens is 1. The molecule has 1 unspecified atom stereocenters. The molecule has 84 valence electrons. The fraction of sp³-hybridized carbons (Fsp3) is 0.636. The van der Waals surface area contributed by atoms with Gasteiger partial charge in [-0.15, -0.1) is 11.3 Å². The summed E-state index contributed by atoms with van der Waals surface area (Å²) in [6, 6.07) is 0. The van der Waals surface area contributed by atoms with Crippen molar-refractivity contribution in [3.8, 4) is 0 Å². The highest BCUT2D eigenvalue weighted by molar-refractivity contribution is 7.09. The van der Waals surface area contributed by atoms with Gasteiger partial charge in [0.25, 0.3) is 0 Å². The van der Waals surface area contributed by atoms with E-state index >= 15 is 0 Å². The van der Waals surface area contributed by atoms with E-state index in [-0.39, 0.29) is 17.8 Å². The number of hydrogen-bond donors (Lipinski definition) is 0. The lowest BCUT2D eigenvalue weighted by Gasteiger charge is -2.15. The second-order valence-electron chi connectivity index (χ2n) is 3.78. The van der Waals surface area contributed by atoms with Crippen LogP contribution in [0.15, 0.2) is 5.38 Å². The van der Waals surface area contributed by atoms with Crippen LogP contribution >= 0.6 is 11.3 Å². The maximum Gasteiger partial charge on any atom is 0.315 e. The number of carbonyl (C=O) groups excluding carboxylic acids is 1. The lowest BCUT2D eigenvalue weighted by atomic mass is 9.97. The van der Waals surface area contributed by atoms with Gasteiger partial charge in [-0.2, -0.15) is 0 Å². The molecule has 0 amide bonds. The Labute approximate surface area is 94.5 Å². The van der Waals surface area contributed by atoms with Crippen molar-refractivity contribution in [3.63, 3.8) is 0 Å². The Morgan fingerprint density at radius 1 is 1.60 bits per heavy atom. The van der Waals surface area contributed by atoms with Gasteiger partial charge in [-0.1, -0.05) is 20.8 Å². The third kappa shape index (κ3) is 2.78. The standard InChI is InChI=1S/C11H17NO2S/c1-5-8-6-15-10(12-8)9(7(2)3)11(13)14-4/h6-7,9H,5H2,1-4H3. The Morgan fingerprint density at radius 2 is 2.27 bits per heavy atom. The van der Waals surface area contributed by atoms with Crippen LogP contribution in [0.4, 0.5) is 0 Å². The molecule has 0 bridgehead atoms. The molecule has 1 heterocycles. The highest BCUT2D eigenvalue weighted by Gasteiger charge is 2.27. The first-order valence-corrected chi connectivity index (χ1v) is 6.00. The van der Waals surface area contributed by atoms with Crippen molar-refractivity contribution in [2.75, 3.05) is 7.11 Å². The molecule has 0 aliphatic carbocycles. The highest BCUT2D eigenvalue weighted by Crippen LogP contribution is 2.28. The summed E-state index contributed by atoms with van der Waals surface area (Å²) in [6.45, 7) is 6.07. The van der Waals surface area contributed by atoms with Crippen LogP contribution in [0.3, 0.4) is 0 Å². The van der Waals surface area contributed by atoms with E-state index in [1.54, 1.807) is 11.3 Å². The summed E-state index contributed by atoms with van der Waals surface area (Å²) in [6.07, 6.45) is 0.905. The Morgan fingerprint density at radius 3 is 2.67 bits per heavy atom. The highest BCUT2D eigenvalue weighted by atomic mass is 32.1. The molecular weight excluding hydrogens is 210 g/mol. The van der Waals surface area contributed by atoms with Crippen molar-refractivity contribution in [3.05, 3.63) is 16.1 Å². The molecule has 0 aromatic carbocycles. The second-order valence-corrected chi connectivity index (χ2v) is 4.67. The maximum absolute atomic E-state index is 11.6. The Bertz CT molecular complexity index is 333. The molecule has 3 nitrogen and oxygen atoms in total. The quantitative estimate of drug-likeness (QED) is 0.742. The van der Waals surface area contributed by atoms with E-state index in [4.69, 9.17) is 4.74 Å². The summed E-state index contributed by atoms with van der Waals surface area (Å²) in [5.74, 6) is -0.199. The molecule has 0 radical (unpaired) electrons. The molecule has 4 heteroatoms. The van der Waals surface area contributed by atoms with Crippen LogP contribution in [-0.2, 0) is 16.0 Å². The van der Waals surface area contributed by atoms with Gasteiger partial charge in [-0.05, 0) is 12.3 Å². The Kier molecular flexibility index (Phi) is 4.27. The minimum absolute atomic E-state index is 0.193. The minimum atomic E-state index is -0.222. The molecule has 0 aliphatic heterocycles. The van der Waals surface area contributed by atoms with Gasteiger partial charge in [0.05, 0.1) is 12.8 Å². The number of carbonyl (C=O) groups is 1. The normalized spacial score (nSPS) is 12.9. The molecule has 0 N–H and O–H groups in total. The summed E-state index contributed by atoms with van der Waals surface area (Å²) in [4.78, 5) is 16.0. The van der Waals surface area contributed by atoms with E-state index in [9.17, 15) is 4.79 Å². The van der Waals surface area contributed by atoms with E-state index in [1.807, 2.05) is 19.2 Å². The molecule has 15 heavy (non-hydrogen) atoms. The van der Waals surface area contributed by atoms with Gasteiger partial charge >= 0.3 is 5.97 Å². The van der Waals surface area contributed by atoms with E-state index < -0.39 is 0 Å². The lowest BCUT2D eigenvalue weighted by molar-refractivity contribution is -0.143. The van der Waals surface area contributed by atoms with Crippen molar-refractivity contribution in [1.82, 2.24) is 4.98 Å². The number of rotatable bonds is 4. The fourth-order valence-electron chi connectivity index (χ4n) is 1.41. The summed E-state index contributed by atoms with van der Waals surface area (Å²) >= 11 is 1.54. The number of esters is 1. The first-order valence-electron chi connectivity index (χ1n) is 5.12. The zero-order valence-corrected chi connectivity index (χ0v) is 10.4. The van der Waals surface area contributed by atoms with Gasteiger partial charge in [0.2, 0.25) is 0 Å². The molecule has 0 fully saturated rings. The fourth-order valence-corrected chi connectivity index (χ4v) is 2.57. The topological polar surface area (TPSA) is 39.2 Å². The number of methoxy groups -OCH3 is 1. The molecule has 1 atom stereocenters. The lowest BCUT2D eigenvalue weighted by Crippen LogP contribution is -2.19. The number of ether oxygens (including phenoxy) is 1. The Balaban J connectivity index is 2.93. The molecule has 0 saturated heterocycles. The summed E-state index contributed by atoms with van der Waals surface area (Å²) in [5.41, 5.74) is 1.05. The zero-order chi connectivity index (χ0) is 11.4. The molecular formula is C11H17NO2S. The van der Waals surface area contributed by atoms with Crippen molar-refractivity contribution >= 4 is 17.3 Å². The predicted molar refractivity (Wildman–Crippen MR) is 61.1 cm³/mol. The maximum atomic E-state index is 11.6. The van der Waals surface area contributed by atoms with Crippen LogP contribution in [0.1, 0.15) is 37.4 Å². The first-order chi connectivity index (χ1) is 7.10. The van der Waals surface area contributed by atoms with E-state index in [0.29, 0.717) is 0 Å². The molecule has 0 saturated carbocycles. The van der Waals surface area contributed by atoms with Gasteiger partial charge in [0, 0.05) is 5.38 Å². The summed E-state index contributed by atoms with van der Waals surface area (Å²) < 4.78 is 4.80. The minimum Gasteiger partial charge on any atom is -0.468 e. The van der Waals surface area contributed by atoms with Crippen LogP contribution in [0.2, 0.25) is 0 Å². The average Bonchev–Trinajstić information content (AvgIpc) is 2.65. The van der Waals surface area contributed by atoms with Crippen LogP contribution in [0, 0.1) is 5.92 Å². The third-order valence-corrected chi connectivity index (χ3v) is 3.30. The Hall–Kier alpha value is -0.900. The smallest absolute Gasteiger partial charge is 0.315 e. The van der Waals surface area contributed by atoms with Crippen molar-refractivity contribution in [1.29, 1.82) is 0 Å². The summed E-state index contributed by atoms with van der Waals surface area (Å²) in [7, 11) is 1.42. The molecule has 0 aliphatic rings. The van der Waals surface area contributed by atoms with Gasteiger partial charge in [-0.25, -0.2) is 4.98 Å². The molecule has 1 aromatic rings. The predicted octanol–water partition coefficient (Wildman–Crippen LogP) is 2.62. The zero-order valence-electron chi connectivity index (χ0n) is 9.61. The second kappa shape index (κ2) is 5.26. The third-order valence-electron chi connectivity index (χ3n) is 2.32. The SMILES string of the molecule is CCc1csc(C(C(=O)OC)C(C)C)n1. The molecule has 1 rings (SSSR count). The first kappa shape index (κ1) is 12.2. The van der Waals surface area contributed by atoms with Crippen LogP contribution in [0.5, 0.6) is 0 Å². The number of aryl methyl sites for hydroxylation is 1. The molecule has 1 aromatic heterocycles. The van der Waals surface area contributed by atoms with Gasteiger partial charge < -0.3 is 4.74 Å². The monoisotopic (exact) mass is 227 g/mol. The van der Waals surface area contributed by atoms with Crippen molar-refractivity contribution in [2.45, 2.75) is 33.1 Å². The van der Waals surface area contributed by atoms with Gasteiger partial charge in [0.1, 0.15) is 10.9 Å². The molecule has 0 spiro atoms. The van der Waals surface area contributed by atoms with E-state index in [2.05, 4.69) is 11.9 Å². The summed E-state index contributed by atoms with van der Waals surface area (Å²) in [5, 5.41) is 2.88. The number of hydrogen-bond acceptors (Lipinski definition) is 4.